The van der Waals surface area contributed by atoms with Crippen LogP contribution in [-0.4, -0.2) is 87.5 Å². The molecule has 2 saturated heterocycles. The first-order valence-corrected chi connectivity index (χ1v) is 11.2. The molecule has 3 aliphatic heterocycles. The molecule has 0 radical (unpaired) electrons. The van der Waals surface area contributed by atoms with Gasteiger partial charge in [0.25, 0.3) is 5.91 Å². The van der Waals surface area contributed by atoms with Crippen LogP contribution >= 0.6 is 11.8 Å². The van der Waals surface area contributed by atoms with Crippen molar-refractivity contribution in [1.29, 1.82) is 0 Å². The lowest BCUT2D eigenvalue weighted by molar-refractivity contribution is -0.910. The zero-order chi connectivity index (χ0) is 21.7. The molecule has 3 aliphatic rings. The quantitative estimate of drug-likeness (QED) is 0.407. The van der Waals surface area contributed by atoms with Crippen molar-refractivity contribution in [1.82, 2.24) is 10.2 Å². The third-order valence-electron chi connectivity index (χ3n) is 6.84. The summed E-state index contributed by atoms with van der Waals surface area (Å²) < 4.78 is 0.621. The number of carbonyl (C=O) groups excluding carboxylic acids is 2. The lowest BCUT2D eigenvalue weighted by atomic mass is 9.79. The lowest BCUT2D eigenvalue weighted by Crippen LogP contribution is -2.63. The fourth-order valence-corrected chi connectivity index (χ4v) is 6.85. The summed E-state index contributed by atoms with van der Waals surface area (Å²) in [5, 5.41) is 22.8. The Morgan fingerprint density at radius 3 is 2.55 bits per heavy atom. The number of likely N-dealkylation sites (tertiary alicyclic amines) is 1. The predicted molar refractivity (Wildman–Crippen MR) is 110 cm³/mol. The zero-order valence-corrected chi connectivity index (χ0v) is 18.5. The van der Waals surface area contributed by atoms with Gasteiger partial charge in [-0.2, -0.15) is 0 Å². The number of aliphatic carboxylic acids is 1. The second kappa shape index (κ2) is 7.92. The van der Waals surface area contributed by atoms with Crippen molar-refractivity contribution < 1.29 is 29.1 Å². The van der Waals surface area contributed by atoms with Crippen LogP contribution in [0.1, 0.15) is 34.1 Å². The first-order chi connectivity index (χ1) is 13.6. The molecular formula is C20H32N3O5S+. The fraction of sp³-hybridized carbons (Fsp3) is 0.750. The molecule has 0 aromatic heterocycles. The van der Waals surface area contributed by atoms with E-state index in [1.807, 2.05) is 13.8 Å². The number of aliphatic hydroxyl groups is 1. The molecule has 0 aromatic rings. The number of carboxylic acid groups (broad SMARTS) is 1. The molecular weight excluding hydrogens is 394 g/mol. The van der Waals surface area contributed by atoms with Gasteiger partial charge in [-0.3, -0.25) is 9.59 Å². The Kier molecular flexibility index (Phi) is 6.04. The maximum absolute atomic E-state index is 12.6. The lowest BCUT2D eigenvalue weighted by Gasteiger charge is -2.46. The van der Waals surface area contributed by atoms with E-state index in [0.29, 0.717) is 22.4 Å². The van der Waals surface area contributed by atoms with E-state index >= 15 is 0 Å². The smallest absolute Gasteiger partial charge is 0.353 e. The first kappa shape index (κ1) is 22.1. The molecule has 3 rings (SSSR count). The number of hydrogen-bond acceptors (Lipinski definition) is 5. The molecule has 162 valence electrons. The van der Waals surface area contributed by atoms with Gasteiger partial charge in [0.05, 0.1) is 43.5 Å². The summed E-state index contributed by atoms with van der Waals surface area (Å²) in [6.07, 6.45) is -0.137. The van der Waals surface area contributed by atoms with Crippen LogP contribution in [0, 0.1) is 11.8 Å². The minimum atomic E-state index is -1.11. The number of quaternary nitrogens is 1. The van der Waals surface area contributed by atoms with E-state index in [9.17, 15) is 24.6 Å². The van der Waals surface area contributed by atoms with Gasteiger partial charge in [0.15, 0.2) is 6.04 Å². The molecule has 0 saturated carbocycles. The van der Waals surface area contributed by atoms with Crippen molar-refractivity contribution in [3.8, 4) is 0 Å². The number of likely N-dealkylation sites (N-methyl/N-ethyl adjacent to an activating group) is 2. The molecule has 0 spiro atoms. The second-order valence-corrected chi connectivity index (χ2v) is 9.98. The van der Waals surface area contributed by atoms with E-state index in [2.05, 4.69) is 19.3 Å². The summed E-state index contributed by atoms with van der Waals surface area (Å²) in [5.41, 5.74) is 0.0570. The Bertz CT molecular complexity index is 754. The minimum Gasteiger partial charge on any atom is -0.477 e. The zero-order valence-electron chi connectivity index (χ0n) is 17.7. The van der Waals surface area contributed by atoms with Crippen molar-refractivity contribution in [3.05, 3.63) is 10.6 Å². The number of carboxylic acids is 1. The molecule has 0 aliphatic carbocycles. The van der Waals surface area contributed by atoms with Crippen LogP contribution in [0.15, 0.2) is 10.6 Å². The number of fused-ring (bicyclic) bond motifs is 1. The van der Waals surface area contributed by atoms with Gasteiger partial charge < -0.3 is 24.9 Å². The van der Waals surface area contributed by atoms with Crippen molar-refractivity contribution in [3.63, 3.8) is 0 Å². The molecule has 9 heteroatoms. The number of β-lactam (4-membered cyclic amide) rings is 1. The number of thioether (sulfide) groups is 1. The van der Waals surface area contributed by atoms with Crippen LogP contribution in [0.25, 0.3) is 0 Å². The van der Waals surface area contributed by atoms with Gasteiger partial charge in [-0.05, 0) is 20.8 Å². The summed E-state index contributed by atoms with van der Waals surface area (Å²) in [5.74, 6) is -2.08. The Morgan fingerprint density at radius 2 is 2.03 bits per heavy atom. The highest BCUT2D eigenvalue weighted by Gasteiger charge is 2.60. The van der Waals surface area contributed by atoms with E-state index in [1.165, 1.54) is 16.7 Å². The normalized spacial score (nSPS) is 37.4. The number of nitrogens with one attached hydrogen (secondary N) is 1. The van der Waals surface area contributed by atoms with Crippen LogP contribution in [0.3, 0.4) is 0 Å². The number of rotatable bonds is 7. The summed E-state index contributed by atoms with van der Waals surface area (Å²) >= 11 is 1.51. The van der Waals surface area contributed by atoms with Crippen LogP contribution < -0.4 is 5.32 Å². The molecule has 7 atom stereocenters. The minimum absolute atomic E-state index is 0.0417. The van der Waals surface area contributed by atoms with Crippen LogP contribution in [-0.2, 0) is 14.4 Å². The monoisotopic (exact) mass is 426 g/mol. The van der Waals surface area contributed by atoms with Gasteiger partial charge in [-0.15, -0.1) is 11.8 Å². The van der Waals surface area contributed by atoms with Crippen molar-refractivity contribution in [2.75, 3.05) is 26.7 Å². The fourth-order valence-electron chi connectivity index (χ4n) is 5.15. The number of hydrogen-bond donors (Lipinski definition) is 3. The molecule has 1 unspecified atom stereocenters. The highest BCUT2D eigenvalue weighted by atomic mass is 32.2. The topological polar surface area (TPSA) is 107 Å². The Balaban J connectivity index is 1.85. The van der Waals surface area contributed by atoms with E-state index in [-0.39, 0.29) is 40.8 Å². The van der Waals surface area contributed by atoms with Crippen molar-refractivity contribution >= 4 is 29.5 Å². The largest absolute Gasteiger partial charge is 0.477 e. The van der Waals surface area contributed by atoms with Crippen molar-refractivity contribution in [2.24, 2.45) is 11.8 Å². The summed E-state index contributed by atoms with van der Waals surface area (Å²) in [6, 6.07) is -0.462. The van der Waals surface area contributed by atoms with Gasteiger partial charge in [0.2, 0.25) is 5.91 Å². The van der Waals surface area contributed by atoms with Crippen LogP contribution in [0.4, 0.5) is 0 Å². The molecule has 0 aromatic carbocycles. The van der Waals surface area contributed by atoms with Crippen LogP contribution in [0.5, 0.6) is 0 Å². The van der Waals surface area contributed by atoms with Gasteiger partial charge in [-0.1, -0.05) is 6.92 Å². The summed E-state index contributed by atoms with van der Waals surface area (Å²) in [7, 11) is 2.07. The summed E-state index contributed by atoms with van der Waals surface area (Å²) in [6.45, 7) is 9.65. The molecule has 29 heavy (non-hydrogen) atoms. The third-order valence-corrected chi connectivity index (χ3v) is 8.33. The SMILES string of the molecule is CCNC(=O)[C@@H]1C[C@H](SC2=C(C(=O)O)N3C(=O)[C@H]([C@@H](C)O)[C@H]3[C@H]2C)C[N+]1(C)CC. The molecule has 2 fully saturated rings. The molecule has 3 N–H and O–H groups in total. The number of nitrogens with zero attached hydrogens (tertiary/aromatic N) is 2. The Morgan fingerprint density at radius 1 is 1.38 bits per heavy atom. The van der Waals surface area contributed by atoms with E-state index in [1.54, 1.807) is 6.92 Å². The standard InChI is InChI=1S/C20H31N3O5S/c1-6-21-18(25)13-8-12(9-23(13,5)7-2)29-17-10(3)15-14(11(4)24)19(26)22(15)16(17)20(27)28/h10-15,24H,6-9H2,1-5H3,(H-,21,25,27,28)/p+1/t10-,11-,12+,13+,14-,15-,23?/m1/s1. The van der Waals surface area contributed by atoms with Crippen LogP contribution in [0.2, 0.25) is 0 Å². The maximum Gasteiger partial charge on any atom is 0.353 e. The predicted octanol–water partition coefficient (Wildman–Crippen LogP) is 0.617. The Labute approximate surface area is 175 Å². The van der Waals surface area contributed by atoms with E-state index < -0.39 is 18.0 Å². The van der Waals surface area contributed by atoms with Crippen molar-refractivity contribution in [2.45, 2.75) is 57.6 Å². The van der Waals surface area contributed by atoms with E-state index in [4.69, 9.17) is 0 Å². The number of carbonyl (C=O) groups is 3. The van der Waals surface area contributed by atoms with Gasteiger partial charge in [-0.25, -0.2) is 4.79 Å². The highest BCUT2D eigenvalue weighted by Crippen LogP contribution is 2.52. The average Bonchev–Trinajstić information content (AvgIpc) is 3.09. The highest BCUT2D eigenvalue weighted by molar-refractivity contribution is 8.03. The first-order valence-electron chi connectivity index (χ1n) is 10.3. The summed E-state index contributed by atoms with van der Waals surface area (Å²) in [4.78, 5) is 39.1. The van der Waals surface area contributed by atoms with Gasteiger partial charge in [0, 0.05) is 23.8 Å². The number of aliphatic hydroxyl groups excluding tert-OH is 1. The molecule has 0 bridgehead atoms. The maximum atomic E-state index is 12.6. The van der Waals surface area contributed by atoms with Gasteiger partial charge >= 0.3 is 5.97 Å². The second-order valence-electron chi connectivity index (χ2n) is 8.64. The molecule has 3 heterocycles. The third kappa shape index (κ3) is 3.47. The van der Waals surface area contributed by atoms with Gasteiger partial charge in [0.1, 0.15) is 5.70 Å². The molecule has 2 amide bonds. The Hall–Kier alpha value is -1.58. The number of amides is 2. The van der Waals surface area contributed by atoms with E-state index in [0.717, 1.165) is 13.1 Å². The molecule has 8 nitrogen and oxygen atoms in total. The average molecular weight is 427 g/mol.